The first kappa shape index (κ1) is 19.4. The van der Waals surface area contributed by atoms with Gasteiger partial charge in [0, 0.05) is 17.2 Å². The summed E-state index contributed by atoms with van der Waals surface area (Å²) in [5.74, 6) is 0.230. The molecule has 1 aromatic carbocycles. The zero-order chi connectivity index (χ0) is 18.6. The number of ether oxygens (including phenoxy) is 2. The Morgan fingerprint density at radius 3 is 2.40 bits per heavy atom. The van der Waals surface area contributed by atoms with E-state index in [4.69, 9.17) is 9.47 Å². The predicted octanol–water partition coefficient (Wildman–Crippen LogP) is 4.25. The third-order valence-electron chi connectivity index (χ3n) is 3.62. The highest BCUT2D eigenvalue weighted by Crippen LogP contribution is 2.35. The van der Waals surface area contributed by atoms with Gasteiger partial charge in [-0.15, -0.1) is 11.8 Å². The molecule has 0 aromatic heterocycles. The van der Waals surface area contributed by atoms with Crippen molar-refractivity contribution in [2.45, 2.75) is 45.5 Å². The number of methoxy groups -OCH3 is 1. The molecule has 0 aliphatic carbocycles. The van der Waals surface area contributed by atoms with Gasteiger partial charge in [-0.25, -0.2) is 9.59 Å². The van der Waals surface area contributed by atoms with Crippen LogP contribution in [-0.4, -0.2) is 36.2 Å². The summed E-state index contributed by atoms with van der Waals surface area (Å²) in [5.41, 5.74) is 2.06. The fourth-order valence-corrected chi connectivity index (χ4v) is 3.51. The van der Waals surface area contributed by atoms with Crippen LogP contribution in [0.4, 0.5) is 4.79 Å². The predicted molar refractivity (Wildman–Crippen MR) is 99.1 cm³/mol. The summed E-state index contributed by atoms with van der Waals surface area (Å²) in [4.78, 5) is 26.9. The van der Waals surface area contributed by atoms with E-state index in [-0.39, 0.29) is 0 Å². The summed E-state index contributed by atoms with van der Waals surface area (Å²) in [6, 6.07) is 8.27. The number of carbonyl (C=O) groups is 2. The highest BCUT2D eigenvalue weighted by atomic mass is 32.2. The lowest BCUT2D eigenvalue weighted by atomic mass is 10.2. The molecular weight excluding hydrogens is 338 g/mol. The standard InChI is InChI=1S/C19H25NO4S/c1-13-6-8-14(9-7-13)12-25-15-10-11-20(16(15)17(21)23-5)18(22)24-19(2,3)4/h6-9H,10-12H2,1-5H3. The maximum atomic E-state index is 12.4. The highest BCUT2D eigenvalue weighted by Gasteiger charge is 2.35. The number of thioether (sulfide) groups is 1. The summed E-state index contributed by atoms with van der Waals surface area (Å²) in [7, 11) is 1.32. The number of carbonyl (C=O) groups excluding carboxylic acids is 2. The largest absolute Gasteiger partial charge is 0.464 e. The van der Waals surface area contributed by atoms with Crippen LogP contribution in [0.1, 0.15) is 38.3 Å². The van der Waals surface area contributed by atoms with Crippen molar-refractivity contribution in [3.8, 4) is 0 Å². The average molecular weight is 363 g/mol. The minimum Gasteiger partial charge on any atom is -0.464 e. The van der Waals surface area contributed by atoms with E-state index in [2.05, 4.69) is 24.3 Å². The van der Waals surface area contributed by atoms with Crippen LogP contribution in [0.2, 0.25) is 0 Å². The van der Waals surface area contributed by atoms with Crippen molar-refractivity contribution in [3.05, 3.63) is 46.0 Å². The molecule has 1 aliphatic heterocycles. The Balaban J connectivity index is 2.17. The van der Waals surface area contributed by atoms with Crippen LogP contribution in [-0.2, 0) is 20.0 Å². The maximum Gasteiger partial charge on any atom is 0.415 e. The van der Waals surface area contributed by atoms with Gasteiger partial charge in [-0.05, 0) is 39.7 Å². The number of aryl methyl sites for hydroxylation is 1. The van der Waals surface area contributed by atoms with Crippen LogP contribution in [0.15, 0.2) is 34.9 Å². The molecule has 1 aromatic rings. The number of benzene rings is 1. The number of amides is 1. The second kappa shape index (κ2) is 7.95. The molecule has 6 heteroatoms. The highest BCUT2D eigenvalue weighted by molar-refractivity contribution is 8.02. The molecule has 0 saturated carbocycles. The first-order valence-corrected chi connectivity index (χ1v) is 9.20. The number of hydrogen-bond donors (Lipinski definition) is 0. The molecule has 1 heterocycles. The fourth-order valence-electron chi connectivity index (χ4n) is 2.41. The van der Waals surface area contributed by atoms with E-state index in [1.54, 1.807) is 32.5 Å². The van der Waals surface area contributed by atoms with Crippen LogP contribution in [0, 0.1) is 6.92 Å². The lowest BCUT2D eigenvalue weighted by Crippen LogP contribution is -2.37. The minimum atomic E-state index is -0.615. The molecule has 0 radical (unpaired) electrons. The summed E-state index contributed by atoms with van der Waals surface area (Å²) < 4.78 is 10.3. The molecule has 25 heavy (non-hydrogen) atoms. The van der Waals surface area contributed by atoms with Crippen molar-refractivity contribution in [1.29, 1.82) is 0 Å². The van der Waals surface area contributed by atoms with Gasteiger partial charge in [0.1, 0.15) is 11.3 Å². The number of hydrogen-bond acceptors (Lipinski definition) is 5. The lowest BCUT2D eigenvalue weighted by molar-refractivity contribution is -0.137. The van der Waals surface area contributed by atoms with E-state index in [0.717, 1.165) is 10.7 Å². The van der Waals surface area contributed by atoms with Crippen molar-refractivity contribution >= 4 is 23.8 Å². The second-order valence-electron chi connectivity index (χ2n) is 6.92. The smallest absolute Gasteiger partial charge is 0.415 e. The molecule has 0 saturated heterocycles. The van der Waals surface area contributed by atoms with E-state index in [0.29, 0.717) is 18.7 Å². The van der Waals surface area contributed by atoms with Crippen molar-refractivity contribution in [3.63, 3.8) is 0 Å². The SMILES string of the molecule is COC(=O)C1=C(SCc2ccc(C)cc2)CCN1C(=O)OC(C)(C)C. The van der Waals surface area contributed by atoms with Gasteiger partial charge in [0.05, 0.1) is 7.11 Å². The van der Waals surface area contributed by atoms with Gasteiger partial charge in [-0.3, -0.25) is 4.90 Å². The normalized spacial score (nSPS) is 14.7. The van der Waals surface area contributed by atoms with Crippen molar-refractivity contribution < 1.29 is 19.1 Å². The van der Waals surface area contributed by atoms with Crippen LogP contribution in [0.5, 0.6) is 0 Å². The van der Waals surface area contributed by atoms with E-state index < -0.39 is 17.7 Å². The molecule has 0 bridgehead atoms. The van der Waals surface area contributed by atoms with Gasteiger partial charge in [-0.2, -0.15) is 0 Å². The first-order chi connectivity index (χ1) is 11.7. The van der Waals surface area contributed by atoms with Crippen molar-refractivity contribution in [1.82, 2.24) is 4.90 Å². The summed E-state index contributed by atoms with van der Waals surface area (Å²) >= 11 is 1.56. The zero-order valence-electron chi connectivity index (χ0n) is 15.4. The van der Waals surface area contributed by atoms with Gasteiger partial charge in [0.2, 0.25) is 0 Å². The molecule has 0 atom stereocenters. The fraction of sp³-hybridized carbons (Fsp3) is 0.474. The average Bonchev–Trinajstić information content (AvgIpc) is 2.96. The van der Waals surface area contributed by atoms with E-state index in [1.165, 1.54) is 23.1 Å². The molecule has 136 valence electrons. The molecule has 2 rings (SSSR count). The number of esters is 1. The summed E-state index contributed by atoms with van der Waals surface area (Å²) in [5, 5.41) is 0. The second-order valence-corrected chi connectivity index (χ2v) is 7.99. The Kier molecular flexibility index (Phi) is 6.16. The molecule has 0 N–H and O–H groups in total. The molecule has 1 aliphatic rings. The van der Waals surface area contributed by atoms with Gasteiger partial charge in [0.25, 0.3) is 0 Å². The maximum absolute atomic E-state index is 12.4. The van der Waals surface area contributed by atoms with Crippen LogP contribution < -0.4 is 0 Å². The molecular formula is C19H25NO4S. The Morgan fingerprint density at radius 1 is 1.20 bits per heavy atom. The quantitative estimate of drug-likeness (QED) is 0.749. The monoisotopic (exact) mass is 363 g/mol. The van der Waals surface area contributed by atoms with E-state index >= 15 is 0 Å². The summed E-state index contributed by atoms with van der Waals surface area (Å²) in [6.45, 7) is 7.88. The van der Waals surface area contributed by atoms with Crippen LogP contribution >= 0.6 is 11.8 Å². The minimum absolute atomic E-state index is 0.300. The van der Waals surface area contributed by atoms with Gasteiger partial charge < -0.3 is 9.47 Å². The molecule has 0 unspecified atom stereocenters. The van der Waals surface area contributed by atoms with Gasteiger partial charge in [0.15, 0.2) is 0 Å². The Labute approximate surface area is 153 Å². The molecule has 1 amide bonds. The van der Waals surface area contributed by atoms with Crippen molar-refractivity contribution in [2.24, 2.45) is 0 Å². The third-order valence-corrected chi connectivity index (χ3v) is 4.85. The molecule has 0 spiro atoms. The van der Waals surface area contributed by atoms with Crippen LogP contribution in [0.3, 0.4) is 0 Å². The van der Waals surface area contributed by atoms with Gasteiger partial charge >= 0.3 is 12.1 Å². The van der Waals surface area contributed by atoms with Crippen LogP contribution in [0.25, 0.3) is 0 Å². The Hall–Kier alpha value is -1.95. The van der Waals surface area contributed by atoms with E-state index in [1.807, 2.05) is 6.92 Å². The number of rotatable bonds is 4. The topological polar surface area (TPSA) is 55.8 Å². The lowest BCUT2D eigenvalue weighted by Gasteiger charge is -2.25. The van der Waals surface area contributed by atoms with E-state index in [9.17, 15) is 9.59 Å². The molecule has 5 nitrogen and oxygen atoms in total. The van der Waals surface area contributed by atoms with Crippen molar-refractivity contribution in [2.75, 3.05) is 13.7 Å². The Bertz CT molecular complexity index is 674. The van der Waals surface area contributed by atoms with Gasteiger partial charge in [-0.1, -0.05) is 29.8 Å². The number of nitrogens with zero attached hydrogens (tertiary/aromatic N) is 1. The summed E-state index contributed by atoms with van der Waals surface area (Å²) in [6.07, 6.45) is 0.110. The first-order valence-electron chi connectivity index (χ1n) is 8.21. The third kappa shape index (κ3) is 5.26. The molecule has 0 fully saturated rings. The Morgan fingerprint density at radius 2 is 1.84 bits per heavy atom. The zero-order valence-corrected chi connectivity index (χ0v) is 16.2.